The van der Waals surface area contributed by atoms with Gasteiger partial charge in [0, 0.05) is 7.11 Å². The van der Waals surface area contributed by atoms with Crippen LogP contribution in [0.25, 0.3) is 0 Å². The summed E-state index contributed by atoms with van der Waals surface area (Å²) in [6, 6.07) is 10.7. The van der Waals surface area contributed by atoms with Gasteiger partial charge in [-0.05, 0) is 23.3 Å². The molecule has 0 aliphatic rings. The first-order chi connectivity index (χ1) is 7.11. The van der Waals surface area contributed by atoms with Crippen molar-refractivity contribution in [2.75, 3.05) is 13.7 Å². The van der Waals surface area contributed by atoms with Crippen molar-refractivity contribution in [2.45, 2.75) is 33.1 Å². The van der Waals surface area contributed by atoms with Crippen LogP contribution in [0.2, 0.25) is 0 Å². The highest BCUT2D eigenvalue weighted by Crippen LogP contribution is 2.37. The second-order valence-corrected chi connectivity index (χ2v) is 4.79. The van der Waals surface area contributed by atoms with Gasteiger partial charge < -0.3 is 4.74 Å². The first-order valence-corrected chi connectivity index (χ1v) is 5.65. The van der Waals surface area contributed by atoms with E-state index >= 15 is 0 Å². The van der Waals surface area contributed by atoms with Crippen LogP contribution in [0.4, 0.5) is 0 Å². The molecular formula is C14H22O. The maximum Gasteiger partial charge on any atom is 0.0519 e. The largest absolute Gasteiger partial charge is 0.384 e. The third-order valence-electron chi connectivity index (χ3n) is 3.07. The van der Waals surface area contributed by atoms with Crippen LogP contribution in [0.5, 0.6) is 0 Å². The van der Waals surface area contributed by atoms with E-state index in [0.717, 1.165) is 13.0 Å². The zero-order valence-electron chi connectivity index (χ0n) is 10.3. The number of hydrogen-bond acceptors (Lipinski definition) is 1. The molecule has 0 N–H and O–H groups in total. The van der Waals surface area contributed by atoms with Crippen molar-refractivity contribution in [1.82, 2.24) is 0 Å². The average Bonchev–Trinajstić information content (AvgIpc) is 2.19. The highest BCUT2D eigenvalue weighted by molar-refractivity contribution is 5.21. The number of hydrogen-bond donors (Lipinski definition) is 0. The summed E-state index contributed by atoms with van der Waals surface area (Å²) >= 11 is 0. The van der Waals surface area contributed by atoms with Gasteiger partial charge >= 0.3 is 0 Å². The number of ether oxygens (including phenoxy) is 1. The minimum absolute atomic E-state index is 0.199. The second-order valence-electron chi connectivity index (χ2n) is 4.79. The van der Waals surface area contributed by atoms with Crippen LogP contribution >= 0.6 is 0 Å². The molecule has 1 nitrogen and oxygen atoms in total. The third-order valence-corrected chi connectivity index (χ3v) is 3.07. The molecule has 0 radical (unpaired) electrons. The summed E-state index contributed by atoms with van der Waals surface area (Å²) < 4.78 is 5.31. The molecule has 15 heavy (non-hydrogen) atoms. The monoisotopic (exact) mass is 206 g/mol. The molecule has 1 unspecified atom stereocenters. The molecule has 0 aliphatic heterocycles. The molecule has 0 fully saturated rings. The fourth-order valence-corrected chi connectivity index (χ4v) is 2.40. The first-order valence-electron chi connectivity index (χ1n) is 5.65. The SMILES string of the molecule is CCC(c1ccccc1)C(C)(C)COC. The molecule has 0 amide bonds. The summed E-state index contributed by atoms with van der Waals surface area (Å²) in [6.07, 6.45) is 1.15. The standard InChI is InChI=1S/C14H22O/c1-5-13(14(2,3)11-15-4)12-9-7-6-8-10-12/h6-10,13H,5,11H2,1-4H3. The summed E-state index contributed by atoms with van der Waals surface area (Å²) in [5.74, 6) is 0.568. The van der Waals surface area contributed by atoms with E-state index in [1.807, 2.05) is 0 Å². The minimum atomic E-state index is 0.199. The van der Waals surface area contributed by atoms with Crippen molar-refractivity contribution in [2.24, 2.45) is 5.41 Å². The number of methoxy groups -OCH3 is 1. The molecule has 0 aromatic heterocycles. The normalized spacial score (nSPS) is 13.9. The molecule has 1 atom stereocenters. The summed E-state index contributed by atoms with van der Waals surface area (Å²) in [6.45, 7) is 7.60. The fraction of sp³-hybridized carbons (Fsp3) is 0.571. The highest BCUT2D eigenvalue weighted by Gasteiger charge is 2.29. The molecular weight excluding hydrogens is 184 g/mol. The molecule has 0 spiro atoms. The van der Waals surface area contributed by atoms with E-state index in [0.29, 0.717) is 5.92 Å². The van der Waals surface area contributed by atoms with Crippen LogP contribution in [0.15, 0.2) is 30.3 Å². The minimum Gasteiger partial charge on any atom is -0.384 e. The lowest BCUT2D eigenvalue weighted by Crippen LogP contribution is -2.26. The van der Waals surface area contributed by atoms with Gasteiger partial charge in [-0.3, -0.25) is 0 Å². The summed E-state index contributed by atoms with van der Waals surface area (Å²) in [5.41, 5.74) is 1.62. The Hall–Kier alpha value is -0.820. The fourth-order valence-electron chi connectivity index (χ4n) is 2.40. The molecule has 0 saturated heterocycles. The molecule has 1 aromatic carbocycles. The molecule has 0 aliphatic carbocycles. The van der Waals surface area contributed by atoms with Gasteiger partial charge in [0.2, 0.25) is 0 Å². The van der Waals surface area contributed by atoms with Crippen LogP contribution in [-0.4, -0.2) is 13.7 Å². The zero-order chi connectivity index (χ0) is 11.3. The smallest absolute Gasteiger partial charge is 0.0519 e. The van der Waals surface area contributed by atoms with Crippen molar-refractivity contribution in [3.63, 3.8) is 0 Å². The predicted octanol–water partition coefficient (Wildman–Crippen LogP) is 3.85. The van der Waals surface area contributed by atoms with E-state index in [2.05, 4.69) is 51.1 Å². The molecule has 0 bridgehead atoms. The van der Waals surface area contributed by atoms with E-state index in [9.17, 15) is 0 Å². The average molecular weight is 206 g/mol. The van der Waals surface area contributed by atoms with Crippen molar-refractivity contribution in [1.29, 1.82) is 0 Å². The Bertz CT molecular complexity index is 277. The molecule has 0 heterocycles. The van der Waals surface area contributed by atoms with Gasteiger partial charge in [0.25, 0.3) is 0 Å². The van der Waals surface area contributed by atoms with E-state index in [1.165, 1.54) is 5.56 Å². The first kappa shape index (κ1) is 12.3. The lowest BCUT2D eigenvalue weighted by atomic mass is 9.74. The van der Waals surface area contributed by atoms with E-state index in [1.54, 1.807) is 7.11 Å². The second kappa shape index (κ2) is 5.32. The predicted molar refractivity (Wildman–Crippen MR) is 65.1 cm³/mol. The van der Waals surface area contributed by atoms with Gasteiger partial charge in [-0.25, -0.2) is 0 Å². The van der Waals surface area contributed by atoms with E-state index in [4.69, 9.17) is 4.74 Å². The number of rotatable bonds is 5. The van der Waals surface area contributed by atoms with Gasteiger partial charge in [0.1, 0.15) is 0 Å². The van der Waals surface area contributed by atoms with Gasteiger partial charge in [0.15, 0.2) is 0 Å². The Morgan fingerprint density at radius 2 is 1.80 bits per heavy atom. The van der Waals surface area contributed by atoms with Crippen LogP contribution in [0.1, 0.15) is 38.7 Å². The van der Waals surface area contributed by atoms with Crippen molar-refractivity contribution in [3.05, 3.63) is 35.9 Å². The van der Waals surface area contributed by atoms with Gasteiger partial charge in [-0.1, -0.05) is 51.1 Å². The Kier molecular flexibility index (Phi) is 4.34. The Balaban J connectivity index is 2.89. The molecule has 1 rings (SSSR count). The van der Waals surface area contributed by atoms with Gasteiger partial charge in [-0.2, -0.15) is 0 Å². The summed E-state index contributed by atoms with van der Waals surface area (Å²) in [5, 5.41) is 0. The molecule has 1 heteroatoms. The quantitative estimate of drug-likeness (QED) is 0.711. The topological polar surface area (TPSA) is 9.23 Å². The van der Waals surface area contributed by atoms with Crippen LogP contribution in [0.3, 0.4) is 0 Å². The maximum atomic E-state index is 5.31. The van der Waals surface area contributed by atoms with E-state index in [-0.39, 0.29) is 5.41 Å². The molecule has 1 aromatic rings. The highest BCUT2D eigenvalue weighted by atomic mass is 16.5. The third kappa shape index (κ3) is 3.07. The summed E-state index contributed by atoms with van der Waals surface area (Å²) in [7, 11) is 1.78. The van der Waals surface area contributed by atoms with Crippen molar-refractivity contribution < 1.29 is 4.74 Å². The number of benzene rings is 1. The van der Waals surface area contributed by atoms with Gasteiger partial charge in [-0.15, -0.1) is 0 Å². The van der Waals surface area contributed by atoms with Crippen molar-refractivity contribution in [3.8, 4) is 0 Å². The van der Waals surface area contributed by atoms with Crippen LogP contribution < -0.4 is 0 Å². The Morgan fingerprint density at radius 3 is 2.27 bits per heavy atom. The zero-order valence-corrected chi connectivity index (χ0v) is 10.3. The molecule has 84 valence electrons. The lowest BCUT2D eigenvalue weighted by molar-refractivity contribution is 0.0828. The van der Waals surface area contributed by atoms with Crippen LogP contribution in [0, 0.1) is 5.41 Å². The Labute approximate surface area is 93.5 Å². The maximum absolute atomic E-state index is 5.31. The lowest BCUT2D eigenvalue weighted by Gasteiger charge is -2.33. The van der Waals surface area contributed by atoms with E-state index < -0.39 is 0 Å². The van der Waals surface area contributed by atoms with Crippen LogP contribution in [-0.2, 0) is 4.74 Å². The van der Waals surface area contributed by atoms with Gasteiger partial charge in [0.05, 0.1) is 6.61 Å². The molecule has 0 saturated carbocycles. The summed E-state index contributed by atoms with van der Waals surface area (Å²) in [4.78, 5) is 0. The van der Waals surface area contributed by atoms with Crippen molar-refractivity contribution >= 4 is 0 Å². The Morgan fingerprint density at radius 1 is 1.20 bits per heavy atom.